The summed E-state index contributed by atoms with van der Waals surface area (Å²) in [5, 5.41) is 10.3. The minimum Gasteiger partial charge on any atom is -0.258 e. The first kappa shape index (κ1) is 8.66. The van der Waals surface area contributed by atoms with E-state index in [-0.39, 0.29) is 10.7 Å². The molecule has 1 aromatic heterocycles. The largest absolute Gasteiger partial charge is 0.306 e. The Labute approximate surface area is 80.9 Å². The molecular weight excluding hydrogens is 282 g/mol. The highest BCUT2D eigenvalue weighted by atomic mass is 127. The second kappa shape index (κ2) is 3.31. The van der Waals surface area contributed by atoms with E-state index in [1.54, 1.807) is 0 Å². The average molecular weight is 284 g/mol. The van der Waals surface area contributed by atoms with Gasteiger partial charge in [-0.25, -0.2) is 4.98 Å². The molecule has 0 atom stereocenters. The van der Waals surface area contributed by atoms with Crippen LogP contribution in [0.2, 0.25) is 5.02 Å². The van der Waals surface area contributed by atoms with Gasteiger partial charge in [0.1, 0.15) is 14.9 Å². The molecule has 0 saturated heterocycles. The highest BCUT2D eigenvalue weighted by Gasteiger charge is 2.11. The van der Waals surface area contributed by atoms with E-state index < -0.39 is 4.92 Å². The monoisotopic (exact) mass is 284 g/mol. The fraction of sp³-hybridized carbons (Fsp3) is 0. The van der Waals surface area contributed by atoms with Crippen LogP contribution in [0.15, 0.2) is 12.3 Å². The van der Waals surface area contributed by atoms with E-state index in [1.165, 1.54) is 6.07 Å². The van der Waals surface area contributed by atoms with Crippen molar-refractivity contribution in [3.63, 3.8) is 0 Å². The van der Waals surface area contributed by atoms with Gasteiger partial charge in [-0.2, -0.15) is 0 Å². The molecule has 1 aromatic rings. The van der Waals surface area contributed by atoms with E-state index in [0.29, 0.717) is 3.70 Å². The molecule has 0 aromatic carbocycles. The van der Waals surface area contributed by atoms with Crippen LogP contribution in [-0.2, 0) is 0 Å². The Balaban J connectivity index is 3.20. The number of halogens is 2. The lowest BCUT2D eigenvalue weighted by Gasteiger charge is -1.93. The van der Waals surface area contributed by atoms with Crippen molar-refractivity contribution in [1.29, 1.82) is 0 Å². The lowest BCUT2D eigenvalue weighted by molar-refractivity contribution is -0.385. The van der Waals surface area contributed by atoms with Crippen LogP contribution in [0.25, 0.3) is 0 Å². The summed E-state index contributed by atoms with van der Waals surface area (Å²) in [6.07, 6.45) is 1.14. The van der Waals surface area contributed by atoms with Crippen molar-refractivity contribution in [2.75, 3.05) is 0 Å². The zero-order chi connectivity index (χ0) is 8.43. The second-order valence-corrected chi connectivity index (χ2v) is 3.23. The van der Waals surface area contributed by atoms with Gasteiger partial charge in [0.25, 0.3) is 0 Å². The molecule has 1 heterocycles. The zero-order valence-corrected chi connectivity index (χ0v) is 8.03. The normalized spacial score (nSPS) is 9.64. The lowest BCUT2D eigenvalue weighted by Crippen LogP contribution is -1.91. The summed E-state index contributed by atoms with van der Waals surface area (Å²) in [7, 11) is 0. The summed E-state index contributed by atoms with van der Waals surface area (Å²) in [5.74, 6) is 0. The van der Waals surface area contributed by atoms with Crippen molar-refractivity contribution < 1.29 is 4.92 Å². The van der Waals surface area contributed by atoms with Gasteiger partial charge in [-0.05, 0) is 28.7 Å². The van der Waals surface area contributed by atoms with Crippen molar-refractivity contribution in [1.82, 2.24) is 4.98 Å². The highest BCUT2D eigenvalue weighted by molar-refractivity contribution is 14.1. The Hall–Kier alpha value is -0.430. The molecular formula is C5H2ClIN2O2. The predicted molar refractivity (Wildman–Crippen MR) is 48.6 cm³/mol. The maximum Gasteiger partial charge on any atom is 0.306 e. The molecule has 0 aliphatic heterocycles. The van der Waals surface area contributed by atoms with Crippen LogP contribution in [-0.4, -0.2) is 9.91 Å². The van der Waals surface area contributed by atoms with Crippen molar-refractivity contribution in [3.8, 4) is 0 Å². The number of hydrogen-bond donors (Lipinski definition) is 0. The number of hydrogen-bond acceptors (Lipinski definition) is 3. The molecule has 0 bridgehead atoms. The summed E-state index contributed by atoms with van der Waals surface area (Å²) in [4.78, 5) is 13.4. The number of aromatic nitrogens is 1. The van der Waals surface area contributed by atoms with Crippen LogP contribution in [0.5, 0.6) is 0 Å². The summed E-state index contributed by atoms with van der Waals surface area (Å²) in [6, 6.07) is 1.44. The lowest BCUT2D eigenvalue weighted by atomic mass is 10.4. The Bertz CT molecular complexity index is 305. The maximum absolute atomic E-state index is 10.2. The standard InChI is InChI=1S/C5H2ClIN2O2/c6-3-1-5(7)8-2-4(3)9(10)11/h1-2H. The van der Waals surface area contributed by atoms with Crippen molar-refractivity contribution >= 4 is 39.9 Å². The third-order valence-electron chi connectivity index (χ3n) is 0.997. The summed E-state index contributed by atoms with van der Waals surface area (Å²) in [5.41, 5.74) is -0.160. The maximum atomic E-state index is 10.2. The first-order valence-electron chi connectivity index (χ1n) is 2.56. The van der Waals surface area contributed by atoms with E-state index >= 15 is 0 Å². The van der Waals surface area contributed by atoms with Crippen LogP contribution in [0.4, 0.5) is 5.69 Å². The molecule has 0 saturated carbocycles. The smallest absolute Gasteiger partial charge is 0.258 e. The Morgan fingerprint density at radius 2 is 2.36 bits per heavy atom. The first-order valence-corrected chi connectivity index (χ1v) is 4.02. The van der Waals surface area contributed by atoms with Crippen LogP contribution in [0.1, 0.15) is 0 Å². The third-order valence-corrected chi connectivity index (χ3v) is 1.89. The van der Waals surface area contributed by atoms with E-state index in [4.69, 9.17) is 11.6 Å². The van der Waals surface area contributed by atoms with Crippen LogP contribution >= 0.6 is 34.2 Å². The van der Waals surface area contributed by atoms with Crippen molar-refractivity contribution in [2.24, 2.45) is 0 Å². The topological polar surface area (TPSA) is 56.0 Å². The quantitative estimate of drug-likeness (QED) is 0.344. The number of rotatable bonds is 1. The molecule has 0 aliphatic rings. The zero-order valence-electron chi connectivity index (χ0n) is 5.12. The minimum atomic E-state index is -0.564. The van der Waals surface area contributed by atoms with E-state index in [1.807, 2.05) is 22.6 Å². The minimum absolute atomic E-state index is 0.120. The van der Waals surface area contributed by atoms with Gasteiger partial charge >= 0.3 is 5.69 Å². The fourth-order valence-electron chi connectivity index (χ4n) is 0.535. The Kier molecular flexibility index (Phi) is 2.61. The van der Waals surface area contributed by atoms with Gasteiger partial charge in [0.2, 0.25) is 0 Å². The number of nitrogens with zero attached hydrogens (tertiary/aromatic N) is 2. The number of nitro groups is 1. The SMILES string of the molecule is O=[N+]([O-])c1cnc(I)cc1Cl. The third kappa shape index (κ3) is 2.00. The summed E-state index contributed by atoms with van der Waals surface area (Å²) >= 11 is 7.47. The van der Waals surface area contributed by atoms with Gasteiger partial charge in [0.05, 0.1) is 4.92 Å². The highest BCUT2D eigenvalue weighted by Crippen LogP contribution is 2.23. The Morgan fingerprint density at radius 3 is 2.82 bits per heavy atom. The van der Waals surface area contributed by atoms with Gasteiger partial charge in [0.15, 0.2) is 0 Å². The van der Waals surface area contributed by atoms with Gasteiger partial charge in [-0.3, -0.25) is 10.1 Å². The molecule has 4 nitrogen and oxygen atoms in total. The van der Waals surface area contributed by atoms with Crippen LogP contribution in [0, 0.1) is 13.8 Å². The summed E-state index contributed by atoms with van der Waals surface area (Å²) < 4.78 is 0.637. The molecule has 0 aliphatic carbocycles. The van der Waals surface area contributed by atoms with Crippen LogP contribution in [0.3, 0.4) is 0 Å². The van der Waals surface area contributed by atoms with E-state index in [0.717, 1.165) is 6.20 Å². The second-order valence-electron chi connectivity index (χ2n) is 1.72. The van der Waals surface area contributed by atoms with Crippen molar-refractivity contribution in [3.05, 3.63) is 31.1 Å². The Morgan fingerprint density at radius 1 is 1.73 bits per heavy atom. The fourth-order valence-corrected chi connectivity index (χ4v) is 1.39. The van der Waals surface area contributed by atoms with Gasteiger partial charge in [-0.15, -0.1) is 0 Å². The number of pyridine rings is 1. The summed E-state index contributed by atoms with van der Waals surface area (Å²) in [6.45, 7) is 0. The molecule has 0 fully saturated rings. The molecule has 0 radical (unpaired) electrons. The van der Waals surface area contributed by atoms with E-state index in [9.17, 15) is 10.1 Å². The molecule has 11 heavy (non-hydrogen) atoms. The van der Waals surface area contributed by atoms with Gasteiger partial charge in [0, 0.05) is 0 Å². The molecule has 58 valence electrons. The molecule has 6 heteroatoms. The molecule has 1 rings (SSSR count). The molecule has 0 spiro atoms. The first-order chi connectivity index (χ1) is 5.11. The van der Waals surface area contributed by atoms with Gasteiger partial charge < -0.3 is 0 Å². The van der Waals surface area contributed by atoms with Gasteiger partial charge in [-0.1, -0.05) is 11.6 Å². The molecule has 0 amide bonds. The molecule has 0 N–H and O–H groups in total. The van der Waals surface area contributed by atoms with Crippen molar-refractivity contribution in [2.45, 2.75) is 0 Å². The average Bonchev–Trinajstić information content (AvgIpc) is 1.85. The molecule has 0 unspecified atom stereocenters. The predicted octanol–water partition coefficient (Wildman–Crippen LogP) is 2.25. The van der Waals surface area contributed by atoms with E-state index in [2.05, 4.69) is 4.98 Å². The van der Waals surface area contributed by atoms with Crippen LogP contribution < -0.4 is 0 Å².